The molecule has 0 aliphatic rings. The van der Waals surface area contributed by atoms with E-state index >= 15 is 0 Å². The Bertz CT molecular complexity index is 281. The molecular weight excluding hydrogens is 213 g/mol. The Balaban J connectivity index is 2.64. The molecule has 1 aromatic rings. The fraction of sp³-hybridized carbons (Fsp3) is 0.333. The van der Waals surface area contributed by atoms with Crippen LogP contribution in [-0.4, -0.2) is 12.1 Å². The van der Waals surface area contributed by atoms with Crippen LogP contribution in [0.3, 0.4) is 0 Å². The Kier molecular flexibility index (Phi) is 3.69. The van der Waals surface area contributed by atoms with Gasteiger partial charge in [-0.05, 0) is 36.9 Å². The predicted octanol–water partition coefficient (Wildman–Crippen LogP) is 3.50. The maximum absolute atomic E-state index is 11.9. The Morgan fingerprint density at radius 2 is 2.14 bits per heavy atom. The summed E-state index contributed by atoms with van der Waals surface area (Å²) >= 11 is -0.159. The monoisotopic (exact) mass is 221 g/mol. The third-order valence-corrected chi connectivity index (χ3v) is 2.01. The lowest BCUT2D eigenvalue weighted by atomic mass is 10.3. The molecule has 77 valence electrons. The SMILES string of the molecule is CCOc1[c]cc(SC(F)(F)F)cc1. The number of rotatable bonds is 3. The quantitative estimate of drug-likeness (QED) is 0.722. The number of alkyl halides is 3. The number of hydrogen-bond acceptors (Lipinski definition) is 2. The first-order valence-corrected chi connectivity index (χ1v) is 4.73. The average Bonchev–Trinajstić information content (AvgIpc) is 2.06. The van der Waals surface area contributed by atoms with Gasteiger partial charge in [0.1, 0.15) is 5.75 Å². The molecule has 0 unspecified atom stereocenters. The first-order valence-electron chi connectivity index (χ1n) is 3.91. The molecule has 0 heterocycles. The molecule has 1 nitrogen and oxygen atoms in total. The van der Waals surface area contributed by atoms with Crippen molar-refractivity contribution >= 4 is 11.8 Å². The Labute approximate surface area is 84.3 Å². The minimum Gasteiger partial charge on any atom is -0.493 e. The first kappa shape index (κ1) is 11.2. The molecule has 1 radical (unpaired) electrons. The summed E-state index contributed by atoms with van der Waals surface area (Å²) in [6, 6.07) is 6.72. The van der Waals surface area contributed by atoms with E-state index in [1.165, 1.54) is 18.2 Å². The highest BCUT2D eigenvalue weighted by Crippen LogP contribution is 2.37. The van der Waals surface area contributed by atoms with E-state index in [1.807, 2.05) is 0 Å². The molecular formula is C9H8F3OS. The van der Waals surface area contributed by atoms with E-state index < -0.39 is 5.51 Å². The molecule has 0 N–H and O–H groups in total. The van der Waals surface area contributed by atoms with Gasteiger partial charge in [-0.15, -0.1) is 0 Å². The normalized spacial score (nSPS) is 11.4. The summed E-state index contributed by atoms with van der Waals surface area (Å²) in [7, 11) is 0. The minimum atomic E-state index is -4.25. The molecule has 0 atom stereocenters. The van der Waals surface area contributed by atoms with Gasteiger partial charge >= 0.3 is 5.51 Å². The van der Waals surface area contributed by atoms with Crippen molar-refractivity contribution < 1.29 is 17.9 Å². The Hall–Kier alpha value is -0.840. The summed E-state index contributed by atoms with van der Waals surface area (Å²) in [4.78, 5) is 0.112. The van der Waals surface area contributed by atoms with Crippen LogP contribution in [0, 0.1) is 6.07 Å². The van der Waals surface area contributed by atoms with Gasteiger partial charge in [0.2, 0.25) is 0 Å². The maximum Gasteiger partial charge on any atom is 0.446 e. The van der Waals surface area contributed by atoms with Crippen molar-refractivity contribution in [2.24, 2.45) is 0 Å². The van der Waals surface area contributed by atoms with Crippen molar-refractivity contribution in [1.82, 2.24) is 0 Å². The van der Waals surface area contributed by atoms with Gasteiger partial charge in [-0.1, -0.05) is 0 Å². The van der Waals surface area contributed by atoms with Crippen molar-refractivity contribution in [2.45, 2.75) is 17.3 Å². The van der Waals surface area contributed by atoms with Gasteiger partial charge in [0, 0.05) is 11.0 Å². The van der Waals surface area contributed by atoms with Gasteiger partial charge in [0.25, 0.3) is 0 Å². The van der Waals surface area contributed by atoms with Crippen LogP contribution in [-0.2, 0) is 0 Å². The van der Waals surface area contributed by atoms with E-state index in [-0.39, 0.29) is 16.7 Å². The lowest BCUT2D eigenvalue weighted by Crippen LogP contribution is -1.99. The van der Waals surface area contributed by atoms with Crippen LogP contribution in [0.15, 0.2) is 23.1 Å². The molecule has 0 saturated carbocycles. The highest BCUT2D eigenvalue weighted by atomic mass is 32.2. The zero-order chi connectivity index (χ0) is 10.6. The van der Waals surface area contributed by atoms with Crippen LogP contribution in [0.1, 0.15) is 6.92 Å². The second-order valence-corrected chi connectivity index (χ2v) is 3.51. The summed E-state index contributed by atoms with van der Waals surface area (Å²) < 4.78 is 40.8. The van der Waals surface area contributed by atoms with Gasteiger partial charge in [-0.2, -0.15) is 13.2 Å². The number of hydrogen-bond donors (Lipinski definition) is 0. The second-order valence-electron chi connectivity index (χ2n) is 2.37. The topological polar surface area (TPSA) is 9.23 Å². The van der Waals surface area contributed by atoms with E-state index in [2.05, 4.69) is 6.07 Å². The molecule has 0 fully saturated rings. The van der Waals surface area contributed by atoms with Gasteiger partial charge in [-0.25, -0.2) is 0 Å². The smallest absolute Gasteiger partial charge is 0.446 e. The van der Waals surface area contributed by atoms with Crippen molar-refractivity contribution in [2.75, 3.05) is 6.61 Å². The number of thioether (sulfide) groups is 1. The molecule has 0 aliphatic carbocycles. The Morgan fingerprint density at radius 1 is 1.43 bits per heavy atom. The fourth-order valence-corrected chi connectivity index (χ4v) is 1.36. The van der Waals surface area contributed by atoms with Crippen molar-refractivity contribution in [1.29, 1.82) is 0 Å². The minimum absolute atomic E-state index is 0.112. The maximum atomic E-state index is 11.9. The summed E-state index contributed by atoms with van der Waals surface area (Å²) in [5.41, 5.74) is -4.25. The summed E-state index contributed by atoms with van der Waals surface area (Å²) in [5, 5.41) is 0. The molecule has 0 saturated heterocycles. The summed E-state index contributed by atoms with van der Waals surface area (Å²) in [6.07, 6.45) is 0. The Morgan fingerprint density at radius 3 is 2.57 bits per heavy atom. The molecule has 0 amide bonds. The van der Waals surface area contributed by atoms with Crippen molar-refractivity contribution in [3.05, 3.63) is 24.3 Å². The third-order valence-electron chi connectivity index (χ3n) is 1.29. The van der Waals surface area contributed by atoms with Crippen LogP contribution in [0.5, 0.6) is 5.75 Å². The van der Waals surface area contributed by atoms with Crippen LogP contribution in [0.4, 0.5) is 13.2 Å². The molecule has 0 aliphatic heterocycles. The van der Waals surface area contributed by atoms with Gasteiger partial charge in [0.05, 0.1) is 6.61 Å². The zero-order valence-electron chi connectivity index (χ0n) is 7.39. The molecule has 0 bridgehead atoms. The summed E-state index contributed by atoms with van der Waals surface area (Å²) in [6.45, 7) is 2.27. The molecule has 1 rings (SSSR count). The number of benzene rings is 1. The van der Waals surface area contributed by atoms with Gasteiger partial charge in [0.15, 0.2) is 0 Å². The van der Waals surface area contributed by atoms with E-state index in [0.29, 0.717) is 12.4 Å². The molecule has 5 heteroatoms. The molecule has 1 aromatic carbocycles. The van der Waals surface area contributed by atoms with E-state index in [4.69, 9.17) is 4.74 Å². The van der Waals surface area contributed by atoms with Crippen LogP contribution in [0.2, 0.25) is 0 Å². The average molecular weight is 221 g/mol. The fourth-order valence-electron chi connectivity index (χ4n) is 0.839. The molecule has 0 aromatic heterocycles. The van der Waals surface area contributed by atoms with E-state index in [9.17, 15) is 13.2 Å². The zero-order valence-corrected chi connectivity index (χ0v) is 8.21. The highest BCUT2D eigenvalue weighted by Gasteiger charge is 2.28. The second kappa shape index (κ2) is 4.59. The third kappa shape index (κ3) is 3.91. The molecule has 14 heavy (non-hydrogen) atoms. The van der Waals surface area contributed by atoms with Crippen LogP contribution >= 0.6 is 11.8 Å². The predicted molar refractivity (Wildman–Crippen MR) is 48.4 cm³/mol. The van der Waals surface area contributed by atoms with Gasteiger partial charge in [-0.3, -0.25) is 0 Å². The molecule has 0 spiro atoms. The number of halogens is 3. The lowest BCUT2D eigenvalue weighted by molar-refractivity contribution is -0.0328. The van der Waals surface area contributed by atoms with Crippen LogP contribution in [0.25, 0.3) is 0 Å². The van der Waals surface area contributed by atoms with Crippen LogP contribution < -0.4 is 4.74 Å². The first-order chi connectivity index (χ1) is 6.51. The van der Waals surface area contributed by atoms with E-state index in [0.717, 1.165) is 0 Å². The summed E-state index contributed by atoms with van der Waals surface area (Å²) in [5.74, 6) is 0.457. The lowest BCUT2D eigenvalue weighted by Gasteiger charge is -2.06. The van der Waals surface area contributed by atoms with Crippen molar-refractivity contribution in [3.8, 4) is 5.75 Å². The standard InChI is InChI=1S/C9H8F3OS/c1-2-13-7-3-5-8(6-4-7)14-9(10,11)12/h3,5-6H,2H2,1H3. The highest BCUT2D eigenvalue weighted by molar-refractivity contribution is 8.00. The van der Waals surface area contributed by atoms with E-state index in [1.54, 1.807) is 6.92 Å². The largest absolute Gasteiger partial charge is 0.493 e. The van der Waals surface area contributed by atoms with Crippen molar-refractivity contribution in [3.63, 3.8) is 0 Å². The van der Waals surface area contributed by atoms with Gasteiger partial charge < -0.3 is 4.74 Å². The number of ether oxygens (including phenoxy) is 1.